The van der Waals surface area contributed by atoms with Gasteiger partial charge in [0, 0.05) is 41.4 Å². The summed E-state index contributed by atoms with van der Waals surface area (Å²) in [5, 5.41) is 2.61. The van der Waals surface area contributed by atoms with Crippen molar-refractivity contribution in [2.75, 3.05) is 11.4 Å². The molecule has 0 saturated carbocycles. The minimum Gasteiger partial charge on any atom is -0.341 e. The van der Waals surface area contributed by atoms with Crippen molar-refractivity contribution in [2.24, 2.45) is 0 Å². The zero-order chi connectivity index (χ0) is 18.1. The predicted octanol–water partition coefficient (Wildman–Crippen LogP) is 5.43. The zero-order valence-corrected chi connectivity index (χ0v) is 15.7. The third-order valence-corrected chi connectivity index (χ3v) is 5.20. The summed E-state index contributed by atoms with van der Waals surface area (Å²) in [5.41, 5.74) is 6.47. The van der Waals surface area contributed by atoms with Crippen LogP contribution in [0.3, 0.4) is 0 Å². The molecule has 3 aromatic rings. The van der Waals surface area contributed by atoms with E-state index in [1.165, 1.54) is 39.0 Å². The van der Waals surface area contributed by atoms with Crippen LogP contribution >= 0.6 is 0 Å². The Balaban J connectivity index is 1.94. The number of benzene rings is 2. The van der Waals surface area contributed by atoms with Crippen LogP contribution in [-0.2, 0) is 6.54 Å². The molecule has 0 atom stereocenters. The number of fused-ring (bicyclic) bond motifs is 3. The van der Waals surface area contributed by atoms with Gasteiger partial charge in [-0.1, -0.05) is 36.4 Å². The summed E-state index contributed by atoms with van der Waals surface area (Å²) in [5.74, 6) is 0. The van der Waals surface area contributed by atoms with Crippen LogP contribution in [0, 0.1) is 0 Å². The summed E-state index contributed by atoms with van der Waals surface area (Å²) in [7, 11) is 0. The SMILES string of the molecule is CCN1/C(=C\c2cccc[n+]2CC)C=C(C)c2ccc3ccccc3c21. The van der Waals surface area contributed by atoms with Gasteiger partial charge in [0.2, 0.25) is 5.69 Å². The first-order chi connectivity index (χ1) is 12.7. The van der Waals surface area contributed by atoms with Crippen LogP contribution in [0.25, 0.3) is 22.4 Å². The van der Waals surface area contributed by atoms with E-state index < -0.39 is 0 Å². The third-order valence-electron chi connectivity index (χ3n) is 5.20. The molecule has 1 aliphatic rings. The lowest BCUT2D eigenvalue weighted by Crippen LogP contribution is -2.35. The maximum Gasteiger partial charge on any atom is 0.207 e. The number of hydrogen-bond acceptors (Lipinski definition) is 1. The Labute approximate surface area is 155 Å². The average Bonchev–Trinajstić information content (AvgIpc) is 2.68. The Morgan fingerprint density at radius 1 is 0.962 bits per heavy atom. The first kappa shape index (κ1) is 16.6. The summed E-state index contributed by atoms with van der Waals surface area (Å²) in [6.07, 6.45) is 6.76. The molecule has 2 aromatic carbocycles. The molecule has 130 valence electrons. The third kappa shape index (κ3) is 2.72. The van der Waals surface area contributed by atoms with E-state index in [1.54, 1.807) is 0 Å². The van der Waals surface area contributed by atoms with Crippen LogP contribution in [0.2, 0.25) is 0 Å². The lowest BCUT2D eigenvalue weighted by Gasteiger charge is -2.32. The summed E-state index contributed by atoms with van der Waals surface area (Å²) < 4.78 is 2.28. The van der Waals surface area contributed by atoms with Crippen molar-refractivity contribution in [3.63, 3.8) is 0 Å². The molecular weight excluding hydrogens is 316 g/mol. The summed E-state index contributed by atoms with van der Waals surface area (Å²) in [4.78, 5) is 2.44. The number of hydrogen-bond donors (Lipinski definition) is 0. The molecule has 0 amide bonds. The van der Waals surface area contributed by atoms with E-state index in [4.69, 9.17) is 0 Å². The predicted molar refractivity (Wildman–Crippen MR) is 111 cm³/mol. The first-order valence-corrected chi connectivity index (χ1v) is 9.41. The lowest BCUT2D eigenvalue weighted by molar-refractivity contribution is -0.695. The quantitative estimate of drug-likeness (QED) is 0.576. The van der Waals surface area contributed by atoms with E-state index in [0.717, 1.165) is 13.1 Å². The Bertz CT molecular complexity index is 1030. The standard InChI is InChI=1S/C24H25N2/c1-4-25-15-9-8-11-20(25)17-21-16-18(3)22-14-13-19-10-6-7-12-23(19)24(22)26(21)5-2/h6-17H,4-5H2,1-3H3/q+1. The van der Waals surface area contributed by atoms with Crippen molar-refractivity contribution < 1.29 is 4.57 Å². The van der Waals surface area contributed by atoms with Gasteiger partial charge in [0.25, 0.3) is 0 Å². The van der Waals surface area contributed by atoms with Gasteiger partial charge in [-0.3, -0.25) is 0 Å². The highest BCUT2D eigenvalue weighted by Crippen LogP contribution is 2.41. The fraction of sp³-hybridized carbons (Fsp3) is 0.208. The molecule has 26 heavy (non-hydrogen) atoms. The maximum atomic E-state index is 2.44. The number of aromatic nitrogens is 1. The molecule has 0 saturated heterocycles. The van der Waals surface area contributed by atoms with Gasteiger partial charge in [0.05, 0.1) is 5.69 Å². The van der Waals surface area contributed by atoms with Crippen molar-refractivity contribution in [2.45, 2.75) is 27.3 Å². The fourth-order valence-corrected chi connectivity index (χ4v) is 3.89. The number of likely N-dealkylation sites (N-methyl/N-ethyl adjacent to an activating group) is 1. The maximum absolute atomic E-state index is 2.44. The van der Waals surface area contributed by atoms with Crippen molar-refractivity contribution in [1.29, 1.82) is 0 Å². The van der Waals surface area contributed by atoms with Crippen molar-refractivity contribution in [3.05, 3.63) is 83.8 Å². The Morgan fingerprint density at radius 2 is 1.77 bits per heavy atom. The number of anilines is 1. The molecule has 2 heterocycles. The van der Waals surface area contributed by atoms with Crippen LogP contribution in [0.4, 0.5) is 5.69 Å². The zero-order valence-electron chi connectivity index (χ0n) is 15.7. The second-order valence-electron chi connectivity index (χ2n) is 6.74. The van der Waals surface area contributed by atoms with Crippen molar-refractivity contribution in [1.82, 2.24) is 0 Å². The smallest absolute Gasteiger partial charge is 0.207 e. The Kier molecular flexibility index (Phi) is 4.34. The fourth-order valence-electron chi connectivity index (χ4n) is 3.89. The number of rotatable bonds is 3. The second kappa shape index (κ2) is 6.80. The molecule has 0 N–H and O–H groups in total. The molecule has 2 heteroatoms. The lowest BCUT2D eigenvalue weighted by atomic mass is 9.94. The van der Waals surface area contributed by atoms with E-state index in [1.807, 2.05) is 0 Å². The molecule has 0 aliphatic carbocycles. The van der Waals surface area contributed by atoms with Gasteiger partial charge in [-0.25, -0.2) is 0 Å². The minimum atomic E-state index is 0.940. The number of aryl methyl sites for hydroxylation is 1. The molecule has 4 rings (SSSR count). The molecule has 0 radical (unpaired) electrons. The Hall–Kier alpha value is -2.87. The molecule has 1 aromatic heterocycles. The monoisotopic (exact) mass is 341 g/mol. The van der Waals surface area contributed by atoms with E-state index in [-0.39, 0.29) is 0 Å². The van der Waals surface area contributed by atoms with Crippen LogP contribution in [0.15, 0.2) is 72.6 Å². The van der Waals surface area contributed by atoms with Gasteiger partial charge < -0.3 is 4.90 Å². The van der Waals surface area contributed by atoms with E-state index in [0.29, 0.717) is 0 Å². The van der Waals surface area contributed by atoms with Gasteiger partial charge in [-0.15, -0.1) is 0 Å². The molecule has 0 unspecified atom stereocenters. The van der Waals surface area contributed by atoms with Crippen LogP contribution in [-0.4, -0.2) is 6.54 Å². The van der Waals surface area contributed by atoms with Gasteiger partial charge in [0.1, 0.15) is 6.54 Å². The average molecular weight is 341 g/mol. The normalized spacial score (nSPS) is 15.3. The van der Waals surface area contributed by atoms with Crippen LogP contribution in [0.1, 0.15) is 32.0 Å². The topological polar surface area (TPSA) is 7.12 Å². The molecule has 1 aliphatic heterocycles. The largest absolute Gasteiger partial charge is 0.341 e. The molecule has 2 nitrogen and oxygen atoms in total. The van der Waals surface area contributed by atoms with Gasteiger partial charge in [0.15, 0.2) is 6.20 Å². The summed E-state index contributed by atoms with van der Waals surface area (Å²) >= 11 is 0. The second-order valence-corrected chi connectivity index (χ2v) is 6.74. The van der Waals surface area contributed by atoms with Gasteiger partial charge in [-0.2, -0.15) is 4.57 Å². The Morgan fingerprint density at radius 3 is 2.58 bits per heavy atom. The van der Waals surface area contributed by atoms with E-state index in [2.05, 4.69) is 103 Å². The van der Waals surface area contributed by atoms with Crippen LogP contribution in [0.5, 0.6) is 0 Å². The highest BCUT2D eigenvalue weighted by molar-refractivity contribution is 6.03. The van der Waals surface area contributed by atoms with Crippen molar-refractivity contribution >= 4 is 28.1 Å². The molecule has 0 bridgehead atoms. The summed E-state index contributed by atoms with van der Waals surface area (Å²) in [6.45, 7) is 8.54. The van der Waals surface area contributed by atoms with Gasteiger partial charge in [-0.05, 0) is 43.9 Å². The molecule has 0 spiro atoms. The number of pyridine rings is 1. The number of nitrogens with zero attached hydrogens (tertiary/aromatic N) is 2. The number of allylic oxidation sites excluding steroid dienone is 2. The van der Waals surface area contributed by atoms with Crippen molar-refractivity contribution in [3.8, 4) is 0 Å². The van der Waals surface area contributed by atoms with Crippen LogP contribution < -0.4 is 9.47 Å². The minimum absolute atomic E-state index is 0.940. The van der Waals surface area contributed by atoms with Gasteiger partial charge >= 0.3 is 0 Å². The highest BCUT2D eigenvalue weighted by atomic mass is 15.1. The highest BCUT2D eigenvalue weighted by Gasteiger charge is 2.22. The first-order valence-electron chi connectivity index (χ1n) is 9.41. The van der Waals surface area contributed by atoms with E-state index >= 15 is 0 Å². The molecular formula is C24H25N2+. The van der Waals surface area contributed by atoms with E-state index in [9.17, 15) is 0 Å². The molecule has 0 fully saturated rings. The summed E-state index contributed by atoms with van der Waals surface area (Å²) in [6, 6.07) is 19.6.